The van der Waals surface area contributed by atoms with E-state index in [1.165, 1.54) is 24.3 Å². The number of carbonyl (C=O) groups excluding carboxylic acids is 1. The van der Waals surface area contributed by atoms with E-state index in [1.54, 1.807) is 0 Å². The molecule has 2 aromatic rings. The number of carbonyl (C=O) groups is 1. The predicted octanol–water partition coefficient (Wildman–Crippen LogP) is 3.11. The van der Waals surface area contributed by atoms with Crippen LogP contribution in [-0.2, 0) is 0 Å². The summed E-state index contributed by atoms with van der Waals surface area (Å²) >= 11 is 0. The number of hydrogen-bond acceptors (Lipinski definition) is 4. The Morgan fingerprint density at radius 2 is 1.57 bits per heavy atom. The molecule has 23 heavy (non-hydrogen) atoms. The van der Waals surface area contributed by atoms with Crippen LogP contribution in [0.2, 0.25) is 0 Å². The van der Waals surface area contributed by atoms with Gasteiger partial charge < -0.3 is 9.32 Å². The second-order valence-corrected chi connectivity index (χ2v) is 6.33. The monoisotopic (exact) mass is 315 g/mol. The van der Waals surface area contributed by atoms with E-state index in [-0.39, 0.29) is 17.6 Å². The van der Waals surface area contributed by atoms with Gasteiger partial charge in [-0.2, -0.15) is 0 Å². The van der Waals surface area contributed by atoms with Gasteiger partial charge in [-0.3, -0.25) is 4.79 Å². The Hall–Kier alpha value is -2.24. The van der Waals surface area contributed by atoms with Gasteiger partial charge in [0.25, 0.3) is 5.91 Å². The van der Waals surface area contributed by atoms with Gasteiger partial charge in [0.2, 0.25) is 11.8 Å². The number of likely N-dealkylation sites (tertiary alicyclic amines) is 1. The molecule has 1 aliphatic heterocycles. The molecule has 0 spiro atoms. The first-order chi connectivity index (χ1) is 11.2. The minimum absolute atomic E-state index is 0.0485. The molecular formula is C17H18FN3O2. The molecule has 0 N–H and O–H groups in total. The predicted molar refractivity (Wildman–Crippen MR) is 80.6 cm³/mol. The summed E-state index contributed by atoms with van der Waals surface area (Å²) in [6.07, 6.45) is 3.93. The Morgan fingerprint density at radius 3 is 2.13 bits per heavy atom. The van der Waals surface area contributed by atoms with E-state index in [9.17, 15) is 9.18 Å². The van der Waals surface area contributed by atoms with Gasteiger partial charge in [-0.15, -0.1) is 10.2 Å². The molecule has 2 heterocycles. The maximum Gasteiger partial charge on any atom is 0.253 e. The third-order valence-electron chi connectivity index (χ3n) is 4.61. The molecule has 1 aromatic carbocycles. The zero-order chi connectivity index (χ0) is 15.8. The summed E-state index contributed by atoms with van der Waals surface area (Å²) in [7, 11) is 0. The number of piperidine rings is 1. The Labute approximate surface area is 133 Å². The highest BCUT2D eigenvalue weighted by Crippen LogP contribution is 2.40. The molecule has 6 heteroatoms. The van der Waals surface area contributed by atoms with Gasteiger partial charge in [0.1, 0.15) is 5.82 Å². The minimum atomic E-state index is -0.330. The molecule has 5 nitrogen and oxygen atoms in total. The van der Waals surface area contributed by atoms with Crippen molar-refractivity contribution >= 4 is 5.91 Å². The average Bonchev–Trinajstić information content (AvgIpc) is 3.32. The third kappa shape index (κ3) is 2.98. The first-order valence-corrected chi connectivity index (χ1v) is 8.09. The number of rotatable bonds is 3. The topological polar surface area (TPSA) is 59.2 Å². The average molecular weight is 315 g/mol. The van der Waals surface area contributed by atoms with Gasteiger partial charge in [0.05, 0.1) is 0 Å². The number of hydrogen-bond donors (Lipinski definition) is 0. The fraction of sp³-hybridized carbons (Fsp3) is 0.471. The van der Waals surface area contributed by atoms with Crippen molar-refractivity contribution in [2.45, 2.75) is 37.5 Å². The van der Waals surface area contributed by atoms with E-state index in [2.05, 4.69) is 10.2 Å². The Kier molecular flexibility index (Phi) is 3.59. The van der Waals surface area contributed by atoms with Crippen molar-refractivity contribution < 1.29 is 13.6 Å². The summed E-state index contributed by atoms with van der Waals surface area (Å²) in [5.41, 5.74) is 0.527. The highest BCUT2D eigenvalue weighted by molar-refractivity contribution is 5.94. The molecule has 120 valence electrons. The molecule has 0 radical (unpaired) electrons. The molecule has 1 aliphatic carbocycles. The summed E-state index contributed by atoms with van der Waals surface area (Å²) in [5, 5.41) is 8.31. The second-order valence-electron chi connectivity index (χ2n) is 6.33. The maximum atomic E-state index is 12.9. The number of amides is 1. The summed E-state index contributed by atoms with van der Waals surface area (Å²) in [6, 6.07) is 5.70. The van der Waals surface area contributed by atoms with Crippen molar-refractivity contribution in [2.24, 2.45) is 0 Å². The summed E-state index contributed by atoms with van der Waals surface area (Å²) < 4.78 is 18.7. The first kappa shape index (κ1) is 14.4. The Balaban J connectivity index is 1.38. The van der Waals surface area contributed by atoms with Gasteiger partial charge in [-0.05, 0) is 49.9 Å². The standard InChI is InChI=1S/C17H18FN3O2/c18-14-5-3-13(4-6-14)17(22)21-9-7-12(8-10-21)16-20-19-15(23-16)11-1-2-11/h3-6,11-12H,1-2,7-10H2. The molecular weight excluding hydrogens is 297 g/mol. The normalized spacial score (nSPS) is 19.1. The van der Waals surface area contributed by atoms with Crippen molar-refractivity contribution in [2.75, 3.05) is 13.1 Å². The van der Waals surface area contributed by atoms with Crippen molar-refractivity contribution in [1.82, 2.24) is 15.1 Å². The van der Waals surface area contributed by atoms with Crippen LogP contribution in [0.3, 0.4) is 0 Å². The number of aromatic nitrogens is 2. The van der Waals surface area contributed by atoms with Crippen LogP contribution in [0.25, 0.3) is 0 Å². The van der Waals surface area contributed by atoms with Crippen molar-refractivity contribution in [3.8, 4) is 0 Å². The molecule has 0 atom stereocenters. The Morgan fingerprint density at radius 1 is 1.00 bits per heavy atom. The maximum absolute atomic E-state index is 12.9. The fourth-order valence-corrected chi connectivity index (χ4v) is 3.01. The lowest BCUT2D eigenvalue weighted by molar-refractivity contribution is 0.0706. The van der Waals surface area contributed by atoms with Crippen molar-refractivity contribution in [3.63, 3.8) is 0 Å². The van der Waals surface area contributed by atoms with Gasteiger partial charge in [0.15, 0.2) is 0 Å². The molecule has 1 saturated carbocycles. The Bertz CT molecular complexity index is 701. The molecule has 2 fully saturated rings. The van der Waals surface area contributed by atoms with Gasteiger partial charge in [-0.1, -0.05) is 0 Å². The van der Waals surface area contributed by atoms with Crippen LogP contribution in [0.1, 0.15) is 59.7 Å². The smallest absolute Gasteiger partial charge is 0.253 e. The molecule has 1 aromatic heterocycles. The largest absolute Gasteiger partial charge is 0.425 e. The van der Waals surface area contributed by atoms with E-state index in [0.717, 1.165) is 31.6 Å². The minimum Gasteiger partial charge on any atom is -0.425 e. The third-order valence-corrected chi connectivity index (χ3v) is 4.61. The van der Waals surface area contributed by atoms with Crippen LogP contribution in [0.5, 0.6) is 0 Å². The molecule has 2 aliphatic rings. The van der Waals surface area contributed by atoms with Crippen LogP contribution in [-0.4, -0.2) is 34.1 Å². The van der Waals surface area contributed by atoms with Crippen molar-refractivity contribution in [1.29, 1.82) is 0 Å². The zero-order valence-corrected chi connectivity index (χ0v) is 12.7. The van der Waals surface area contributed by atoms with Crippen molar-refractivity contribution in [3.05, 3.63) is 47.4 Å². The zero-order valence-electron chi connectivity index (χ0n) is 12.7. The van der Waals surface area contributed by atoms with Crippen LogP contribution in [0, 0.1) is 5.82 Å². The number of benzene rings is 1. The molecule has 1 saturated heterocycles. The van der Waals surface area contributed by atoms with E-state index in [0.29, 0.717) is 30.5 Å². The second kappa shape index (κ2) is 5.76. The number of halogens is 1. The molecule has 0 bridgehead atoms. The van der Waals surface area contributed by atoms with Crippen LogP contribution >= 0.6 is 0 Å². The van der Waals surface area contributed by atoms with Gasteiger partial charge >= 0.3 is 0 Å². The quantitative estimate of drug-likeness (QED) is 0.873. The lowest BCUT2D eigenvalue weighted by Gasteiger charge is -2.30. The highest BCUT2D eigenvalue weighted by atomic mass is 19.1. The van der Waals surface area contributed by atoms with Gasteiger partial charge in [-0.25, -0.2) is 4.39 Å². The summed E-state index contributed by atoms with van der Waals surface area (Å²) in [6.45, 7) is 1.31. The van der Waals surface area contributed by atoms with Crippen LogP contribution in [0.4, 0.5) is 4.39 Å². The number of nitrogens with zero attached hydrogens (tertiary/aromatic N) is 3. The molecule has 1 amide bonds. The van der Waals surface area contributed by atoms with Crippen LogP contribution in [0.15, 0.2) is 28.7 Å². The van der Waals surface area contributed by atoms with Gasteiger partial charge in [0, 0.05) is 30.5 Å². The summed E-state index contributed by atoms with van der Waals surface area (Å²) in [4.78, 5) is 14.2. The SMILES string of the molecule is O=C(c1ccc(F)cc1)N1CCC(c2nnc(C3CC3)o2)CC1. The highest BCUT2D eigenvalue weighted by Gasteiger charge is 2.32. The van der Waals surface area contributed by atoms with E-state index < -0.39 is 0 Å². The lowest BCUT2D eigenvalue weighted by Crippen LogP contribution is -2.38. The fourth-order valence-electron chi connectivity index (χ4n) is 3.01. The summed E-state index contributed by atoms with van der Waals surface area (Å²) in [5.74, 6) is 1.80. The molecule has 4 rings (SSSR count). The lowest BCUT2D eigenvalue weighted by atomic mass is 9.96. The van der Waals surface area contributed by atoms with E-state index >= 15 is 0 Å². The van der Waals surface area contributed by atoms with Crippen LogP contribution < -0.4 is 0 Å². The first-order valence-electron chi connectivity index (χ1n) is 8.09. The van der Waals surface area contributed by atoms with E-state index in [1.807, 2.05) is 4.90 Å². The van der Waals surface area contributed by atoms with E-state index in [4.69, 9.17) is 4.42 Å². The molecule has 0 unspecified atom stereocenters.